The fourth-order valence-corrected chi connectivity index (χ4v) is 2.56. The summed E-state index contributed by atoms with van der Waals surface area (Å²) in [6, 6.07) is 25.7. The number of methoxy groups -OCH3 is 1. The number of rotatable bonds is 6. The summed E-state index contributed by atoms with van der Waals surface area (Å²) < 4.78 is 10.7. The van der Waals surface area contributed by atoms with Gasteiger partial charge in [-0.2, -0.15) is 0 Å². The molecule has 0 aliphatic heterocycles. The second-order valence-corrected chi connectivity index (χ2v) is 5.62. The van der Waals surface area contributed by atoms with Crippen LogP contribution in [0, 0.1) is 0 Å². The van der Waals surface area contributed by atoms with Gasteiger partial charge < -0.3 is 9.47 Å². The molecule has 3 nitrogen and oxygen atoms in total. The summed E-state index contributed by atoms with van der Waals surface area (Å²) in [5.74, 6) is 4.88. The molecule has 0 spiro atoms. The summed E-state index contributed by atoms with van der Waals surface area (Å²) in [7, 11) is 1.65. The van der Waals surface area contributed by atoms with Crippen molar-refractivity contribution in [3.05, 3.63) is 90.0 Å². The molecule has 130 valence electrons. The van der Waals surface area contributed by atoms with Crippen molar-refractivity contribution in [2.24, 2.45) is 4.99 Å². The SMILES string of the molecule is CCOc1ccc(C(=C=Nc2ccc(OC)cc2)c2ccccc2)cc1. The molecule has 0 aliphatic carbocycles. The van der Waals surface area contributed by atoms with Crippen LogP contribution in [0.1, 0.15) is 18.1 Å². The Balaban J connectivity index is 2.01. The summed E-state index contributed by atoms with van der Waals surface area (Å²) in [5.41, 5.74) is 3.86. The molecule has 0 fully saturated rings. The van der Waals surface area contributed by atoms with Crippen molar-refractivity contribution in [3.8, 4) is 11.5 Å². The highest BCUT2D eigenvalue weighted by molar-refractivity contribution is 5.99. The Bertz CT molecular complexity index is 891. The number of nitrogens with zero attached hydrogens (tertiary/aromatic N) is 1. The van der Waals surface area contributed by atoms with E-state index in [0.717, 1.165) is 33.9 Å². The van der Waals surface area contributed by atoms with Crippen molar-refractivity contribution in [2.45, 2.75) is 6.92 Å². The summed E-state index contributed by atoms with van der Waals surface area (Å²) in [4.78, 5) is 4.52. The predicted molar refractivity (Wildman–Crippen MR) is 107 cm³/mol. The molecule has 0 amide bonds. The van der Waals surface area contributed by atoms with Gasteiger partial charge in [0.2, 0.25) is 0 Å². The molecule has 3 heteroatoms. The minimum atomic E-state index is 0.652. The van der Waals surface area contributed by atoms with Crippen molar-refractivity contribution in [1.82, 2.24) is 0 Å². The lowest BCUT2D eigenvalue weighted by Crippen LogP contribution is -1.93. The molecule has 3 rings (SSSR count). The van der Waals surface area contributed by atoms with Crippen LogP contribution in [0.25, 0.3) is 5.57 Å². The zero-order chi connectivity index (χ0) is 18.2. The van der Waals surface area contributed by atoms with E-state index in [4.69, 9.17) is 9.47 Å². The minimum absolute atomic E-state index is 0.652. The number of benzene rings is 3. The van der Waals surface area contributed by atoms with Crippen molar-refractivity contribution < 1.29 is 9.47 Å². The van der Waals surface area contributed by atoms with Gasteiger partial charge in [0.1, 0.15) is 11.5 Å². The molecule has 0 unspecified atom stereocenters. The highest BCUT2D eigenvalue weighted by Gasteiger charge is 2.05. The fraction of sp³-hybridized carbons (Fsp3) is 0.130. The maximum Gasteiger partial charge on any atom is 0.119 e. The van der Waals surface area contributed by atoms with Crippen molar-refractivity contribution in [2.75, 3.05) is 13.7 Å². The first-order chi connectivity index (χ1) is 12.8. The van der Waals surface area contributed by atoms with Gasteiger partial charge >= 0.3 is 0 Å². The third-order valence-corrected chi connectivity index (χ3v) is 3.89. The largest absolute Gasteiger partial charge is 0.497 e. The Morgan fingerprint density at radius 2 is 1.42 bits per heavy atom. The van der Waals surface area contributed by atoms with E-state index in [2.05, 4.69) is 23.0 Å². The van der Waals surface area contributed by atoms with E-state index in [1.54, 1.807) is 7.11 Å². The van der Waals surface area contributed by atoms with Crippen molar-refractivity contribution in [3.63, 3.8) is 0 Å². The third kappa shape index (κ3) is 4.41. The van der Waals surface area contributed by atoms with Gasteiger partial charge in [-0.1, -0.05) is 30.3 Å². The lowest BCUT2D eigenvalue weighted by atomic mass is 9.99. The lowest BCUT2D eigenvalue weighted by Gasteiger charge is -2.07. The van der Waals surface area contributed by atoms with Crippen LogP contribution in [0.4, 0.5) is 5.69 Å². The molecular formula is C23H21NO2. The Morgan fingerprint density at radius 1 is 0.808 bits per heavy atom. The van der Waals surface area contributed by atoms with Crippen LogP contribution in [0.15, 0.2) is 83.9 Å². The normalized spacial score (nSPS) is 9.92. The lowest BCUT2D eigenvalue weighted by molar-refractivity contribution is 0.340. The zero-order valence-electron chi connectivity index (χ0n) is 15.0. The number of hydrogen-bond acceptors (Lipinski definition) is 3. The standard InChI is InChI=1S/C23H21NO2/c1-3-26-22-13-9-19(10-14-22)23(18-7-5-4-6-8-18)17-24-20-11-15-21(25-2)16-12-20/h4-16H,3H2,1-2H3. The quantitative estimate of drug-likeness (QED) is 0.551. The van der Waals surface area contributed by atoms with Crippen molar-refractivity contribution >= 4 is 17.1 Å². The minimum Gasteiger partial charge on any atom is -0.497 e. The third-order valence-electron chi connectivity index (χ3n) is 3.89. The first kappa shape index (κ1) is 17.5. The van der Waals surface area contributed by atoms with Crippen LogP contribution < -0.4 is 9.47 Å². The Kier molecular flexibility index (Phi) is 5.87. The monoisotopic (exact) mass is 343 g/mol. The summed E-state index contributed by atoms with van der Waals surface area (Å²) in [6.07, 6.45) is 0. The molecular weight excluding hydrogens is 322 g/mol. The van der Waals surface area contributed by atoms with Crippen LogP contribution in [-0.2, 0) is 0 Å². The number of hydrogen-bond donors (Lipinski definition) is 0. The van der Waals surface area contributed by atoms with E-state index in [1.807, 2.05) is 73.7 Å². The molecule has 0 aromatic heterocycles. The van der Waals surface area contributed by atoms with E-state index >= 15 is 0 Å². The fourth-order valence-electron chi connectivity index (χ4n) is 2.56. The van der Waals surface area contributed by atoms with Gasteiger partial charge in [-0.25, -0.2) is 4.99 Å². The molecule has 0 atom stereocenters. The molecule has 0 N–H and O–H groups in total. The smallest absolute Gasteiger partial charge is 0.119 e. The van der Waals surface area contributed by atoms with Crippen LogP contribution >= 0.6 is 0 Å². The molecule has 0 saturated carbocycles. The van der Waals surface area contributed by atoms with E-state index in [-0.39, 0.29) is 0 Å². The van der Waals surface area contributed by atoms with E-state index < -0.39 is 0 Å². The van der Waals surface area contributed by atoms with Gasteiger partial charge in [0.15, 0.2) is 0 Å². The summed E-state index contributed by atoms with van der Waals surface area (Å²) in [5, 5.41) is 0. The summed E-state index contributed by atoms with van der Waals surface area (Å²) in [6.45, 7) is 2.63. The first-order valence-corrected chi connectivity index (χ1v) is 8.56. The molecule has 26 heavy (non-hydrogen) atoms. The Morgan fingerprint density at radius 3 is 2.04 bits per heavy atom. The van der Waals surface area contributed by atoms with Gasteiger partial charge in [0, 0.05) is 0 Å². The Labute approximate surface area is 154 Å². The molecule has 3 aromatic rings. The second kappa shape index (κ2) is 8.70. The van der Waals surface area contributed by atoms with E-state index in [9.17, 15) is 0 Å². The van der Waals surface area contributed by atoms with E-state index in [0.29, 0.717) is 6.61 Å². The molecule has 0 heterocycles. The molecule has 0 bridgehead atoms. The maximum atomic E-state index is 5.53. The van der Waals surface area contributed by atoms with Crippen LogP contribution in [0.5, 0.6) is 11.5 Å². The highest BCUT2D eigenvalue weighted by atomic mass is 16.5. The van der Waals surface area contributed by atoms with Gasteiger partial charge in [0.05, 0.1) is 25.0 Å². The molecule has 0 radical (unpaired) electrons. The molecule has 0 saturated heterocycles. The van der Waals surface area contributed by atoms with Crippen molar-refractivity contribution in [1.29, 1.82) is 0 Å². The van der Waals surface area contributed by atoms with Crippen LogP contribution in [-0.4, -0.2) is 19.6 Å². The average Bonchev–Trinajstić information content (AvgIpc) is 2.71. The van der Waals surface area contributed by atoms with Gasteiger partial charge in [0.25, 0.3) is 0 Å². The molecule has 0 aliphatic rings. The second-order valence-electron chi connectivity index (χ2n) is 5.62. The first-order valence-electron chi connectivity index (χ1n) is 8.56. The van der Waals surface area contributed by atoms with Gasteiger partial charge in [-0.3, -0.25) is 0 Å². The maximum absolute atomic E-state index is 5.53. The summed E-state index contributed by atoms with van der Waals surface area (Å²) >= 11 is 0. The van der Waals surface area contributed by atoms with Gasteiger partial charge in [-0.15, -0.1) is 0 Å². The topological polar surface area (TPSA) is 30.8 Å². The molecule has 3 aromatic carbocycles. The van der Waals surface area contributed by atoms with Crippen LogP contribution in [0.3, 0.4) is 0 Å². The number of aliphatic imine (C=N–C) groups is 1. The Hall–Kier alpha value is -3.29. The van der Waals surface area contributed by atoms with E-state index in [1.165, 1.54) is 0 Å². The van der Waals surface area contributed by atoms with Gasteiger partial charge in [-0.05, 0) is 72.5 Å². The highest BCUT2D eigenvalue weighted by Crippen LogP contribution is 2.24. The number of ether oxygens (including phenoxy) is 2. The predicted octanol–water partition coefficient (Wildman–Crippen LogP) is 5.53. The zero-order valence-corrected chi connectivity index (χ0v) is 15.0. The van der Waals surface area contributed by atoms with Crippen LogP contribution in [0.2, 0.25) is 0 Å². The average molecular weight is 343 g/mol.